The maximum absolute atomic E-state index is 12.1. The van der Waals surface area contributed by atoms with Gasteiger partial charge in [-0.2, -0.15) is 0 Å². The lowest BCUT2D eigenvalue weighted by atomic mass is 10.1. The van der Waals surface area contributed by atoms with Gasteiger partial charge in [0.15, 0.2) is 6.10 Å². The molecular weight excluding hydrogens is 492 g/mol. The Balaban J connectivity index is 2.01. The Labute approximate surface area is 238 Å². The second-order valence-corrected chi connectivity index (χ2v) is 10.6. The molecule has 1 rings (SSSR count). The molecular formula is C33H56O6. The van der Waals surface area contributed by atoms with Crippen LogP contribution in [0.5, 0.6) is 0 Å². The molecule has 1 N–H and O–H groups in total. The zero-order valence-corrected chi connectivity index (χ0v) is 24.8. The molecule has 0 aromatic carbocycles. The van der Waals surface area contributed by atoms with Gasteiger partial charge in [0, 0.05) is 12.8 Å². The lowest BCUT2D eigenvalue weighted by Gasteiger charge is -2.15. The molecule has 2 unspecified atom stereocenters. The summed E-state index contributed by atoms with van der Waals surface area (Å²) >= 11 is 0. The molecule has 0 saturated carbocycles. The average Bonchev–Trinajstić information content (AvgIpc) is 3.68. The zero-order chi connectivity index (χ0) is 28.4. The van der Waals surface area contributed by atoms with Gasteiger partial charge in [0.25, 0.3) is 0 Å². The van der Waals surface area contributed by atoms with Gasteiger partial charge in [-0.15, -0.1) is 0 Å². The van der Waals surface area contributed by atoms with Crippen LogP contribution in [0, 0.1) is 0 Å². The Morgan fingerprint density at radius 3 is 2.08 bits per heavy atom. The number of esters is 2. The van der Waals surface area contributed by atoms with Gasteiger partial charge in [0.1, 0.15) is 6.61 Å². The summed E-state index contributed by atoms with van der Waals surface area (Å²) in [5.41, 5.74) is 0. The minimum absolute atomic E-state index is 0.0946. The highest BCUT2D eigenvalue weighted by molar-refractivity contribution is 5.70. The van der Waals surface area contributed by atoms with Gasteiger partial charge in [0.05, 0.1) is 18.8 Å². The van der Waals surface area contributed by atoms with E-state index < -0.39 is 6.10 Å². The summed E-state index contributed by atoms with van der Waals surface area (Å²) in [5, 5.41) is 9.47. The predicted octanol–water partition coefficient (Wildman–Crippen LogP) is 7.93. The van der Waals surface area contributed by atoms with E-state index in [1.54, 1.807) is 0 Å². The number of carbonyl (C=O) groups is 2. The van der Waals surface area contributed by atoms with Crippen molar-refractivity contribution in [1.82, 2.24) is 0 Å². The molecule has 0 spiro atoms. The molecule has 39 heavy (non-hydrogen) atoms. The fraction of sp³-hybridized carbons (Fsp3) is 0.758. The van der Waals surface area contributed by atoms with Crippen molar-refractivity contribution < 1.29 is 28.9 Å². The van der Waals surface area contributed by atoms with Gasteiger partial charge >= 0.3 is 11.9 Å². The van der Waals surface area contributed by atoms with Crippen LogP contribution < -0.4 is 0 Å². The lowest BCUT2D eigenvalue weighted by molar-refractivity contribution is -0.161. The van der Waals surface area contributed by atoms with E-state index in [4.69, 9.17) is 14.2 Å². The molecule has 0 amide bonds. The molecule has 0 bridgehead atoms. The maximum Gasteiger partial charge on any atom is 0.306 e. The van der Waals surface area contributed by atoms with Crippen LogP contribution in [0.4, 0.5) is 0 Å². The number of hydrogen-bond donors (Lipinski definition) is 1. The molecule has 1 aliphatic heterocycles. The summed E-state index contributed by atoms with van der Waals surface area (Å²) < 4.78 is 16.2. The second kappa shape index (κ2) is 25.1. The average molecular weight is 549 g/mol. The number of epoxide rings is 1. The zero-order valence-electron chi connectivity index (χ0n) is 24.8. The number of aliphatic hydroxyl groups excluding tert-OH is 1. The molecule has 0 aromatic rings. The minimum Gasteiger partial charge on any atom is -0.462 e. The van der Waals surface area contributed by atoms with Crippen molar-refractivity contribution in [3.63, 3.8) is 0 Å². The molecule has 3 atom stereocenters. The van der Waals surface area contributed by atoms with E-state index in [9.17, 15) is 14.7 Å². The smallest absolute Gasteiger partial charge is 0.306 e. The summed E-state index contributed by atoms with van der Waals surface area (Å²) in [6.07, 6.45) is 30.9. The lowest BCUT2D eigenvalue weighted by Crippen LogP contribution is -2.28. The predicted molar refractivity (Wildman–Crippen MR) is 158 cm³/mol. The Morgan fingerprint density at radius 1 is 0.744 bits per heavy atom. The molecule has 1 aliphatic rings. The van der Waals surface area contributed by atoms with Crippen molar-refractivity contribution in [3.8, 4) is 0 Å². The normalized spacial score (nSPS) is 17.8. The van der Waals surface area contributed by atoms with Crippen molar-refractivity contribution >= 4 is 11.9 Å². The SMILES string of the molecule is CCCCC/C=C\C/C=C\C/C=C\CC1OC1CCCC(=O)O[C@@H](CO)COC(=O)CCCCCCCCC. The summed E-state index contributed by atoms with van der Waals surface area (Å²) in [4.78, 5) is 24.0. The van der Waals surface area contributed by atoms with Crippen LogP contribution in [0.3, 0.4) is 0 Å². The van der Waals surface area contributed by atoms with Gasteiger partial charge < -0.3 is 19.3 Å². The van der Waals surface area contributed by atoms with Gasteiger partial charge in [-0.25, -0.2) is 0 Å². The first kappa shape index (κ1) is 35.1. The van der Waals surface area contributed by atoms with Crippen LogP contribution in [0.25, 0.3) is 0 Å². The van der Waals surface area contributed by atoms with E-state index in [0.717, 1.165) is 44.9 Å². The summed E-state index contributed by atoms with van der Waals surface area (Å²) in [6, 6.07) is 0. The van der Waals surface area contributed by atoms with Gasteiger partial charge in [-0.3, -0.25) is 9.59 Å². The third kappa shape index (κ3) is 21.6. The largest absolute Gasteiger partial charge is 0.462 e. The number of allylic oxidation sites excluding steroid dienone is 5. The standard InChI is InChI=1S/C33H56O6/c1-3-5-7-9-11-12-13-14-15-17-18-20-23-30-31(39-30)24-22-26-33(36)38-29(27-34)28-37-32(35)25-21-19-16-10-8-6-4-2/h11-12,14-15,18,20,29-31,34H,3-10,13,16-17,19,21-28H2,1-2H3/b12-11-,15-14-,20-18-/t29-,30?,31?/m0/s1. The molecule has 6 nitrogen and oxygen atoms in total. The second-order valence-electron chi connectivity index (χ2n) is 10.6. The highest BCUT2D eigenvalue weighted by atomic mass is 16.6. The van der Waals surface area contributed by atoms with Crippen molar-refractivity contribution in [2.24, 2.45) is 0 Å². The highest BCUT2D eigenvalue weighted by Crippen LogP contribution is 2.30. The molecule has 6 heteroatoms. The number of unbranched alkanes of at least 4 members (excludes halogenated alkanes) is 9. The van der Waals surface area contributed by atoms with Crippen LogP contribution >= 0.6 is 0 Å². The van der Waals surface area contributed by atoms with Crippen LogP contribution in [0.15, 0.2) is 36.5 Å². The first-order valence-corrected chi connectivity index (χ1v) is 15.7. The number of hydrogen-bond acceptors (Lipinski definition) is 6. The molecule has 0 radical (unpaired) electrons. The van der Waals surface area contributed by atoms with E-state index >= 15 is 0 Å². The molecule has 224 valence electrons. The van der Waals surface area contributed by atoms with Crippen molar-refractivity contribution in [1.29, 1.82) is 0 Å². The maximum atomic E-state index is 12.1. The highest BCUT2D eigenvalue weighted by Gasteiger charge is 2.36. The van der Waals surface area contributed by atoms with Crippen LogP contribution in [0.2, 0.25) is 0 Å². The van der Waals surface area contributed by atoms with Crippen LogP contribution in [-0.2, 0) is 23.8 Å². The van der Waals surface area contributed by atoms with E-state index in [2.05, 4.69) is 50.3 Å². The number of aliphatic hydroxyl groups is 1. The third-order valence-corrected chi connectivity index (χ3v) is 6.86. The van der Waals surface area contributed by atoms with Crippen molar-refractivity contribution in [3.05, 3.63) is 36.5 Å². The number of carbonyl (C=O) groups excluding carboxylic acids is 2. The van der Waals surface area contributed by atoms with E-state index in [1.807, 2.05) is 0 Å². The van der Waals surface area contributed by atoms with Crippen molar-refractivity contribution in [2.75, 3.05) is 13.2 Å². The summed E-state index contributed by atoms with van der Waals surface area (Å²) in [6.45, 7) is 3.97. The van der Waals surface area contributed by atoms with Crippen LogP contribution in [0.1, 0.15) is 129 Å². The Morgan fingerprint density at radius 2 is 1.36 bits per heavy atom. The van der Waals surface area contributed by atoms with Gasteiger partial charge in [-0.1, -0.05) is 102 Å². The molecule has 1 saturated heterocycles. The molecule has 0 aliphatic carbocycles. The minimum atomic E-state index is -0.804. The monoisotopic (exact) mass is 548 g/mol. The van der Waals surface area contributed by atoms with Gasteiger partial charge in [-0.05, 0) is 51.4 Å². The van der Waals surface area contributed by atoms with Crippen LogP contribution in [-0.4, -0.2) is 48.6 Å². The van der Waals surface area contributed by atoms with E-state index in [-0.39, 0.29) is 43.8 Å². The first-order chi connectivity index (χ1) is 19.1. The first-order valence-electron chi connectivity index (χ1n) is 15.7. The number of rotatable bonds is 26. The van der Waals surface area contributed by atoms with Crippen molar-refractivity contribution in [2.45, 2.75) is 148 Å². The Bertz CT molecular complexity index is 698. The molecule has 1 fully saturated rings. The summed E-state index contributed by atoms with van der Waals surface area (Å²) in [7, 11) is 0. The van der Waals surface area contributed by atoms with Gasteiger partial charge in [0.2, 0.25) is 0 Å². The third-order valence-electron chi connectivity index (χ3n) is 6.86. The van der Waals surface area contributed by atoms with E-state index in [0.29, 0.717) is 12.8 Å². The fourth-order valence-corrected chi connectivity index (χ4v) is 4.34. The topological polar surface area (TPSA) is 85.4 Å². The Kier molecular flexibility index (Phi) is 22.6. The summed E-state index contributed by atoms with van der Waals surface area (Å²) in [5.74, 6) is -0.678. The van der Waals surface area contributed by atoms with E-state index in [1.165, 1.54) is 51.4 Å². The Hall–Kier alpha value is -1.92. The molecule has 1 heterocycles. The molecule has 0 aromatic heterocycles. The number of ether oxygens (including phenoxy) is 3. The fourth-order valence-electron chi connectivity index (χ4n) is 4.34. The quantitative estimate of drug-likeness (QED) is 0.0511.